The molecule has 2 amide bonds. The Labute approximate surface area is 222 Å². The van der Waals surface area contributed by atoms with E-state index in [1.807, 2.05) is 36.4 Å². The fraction of sp³-hybridized carbons (Fsp3) is 0.172. The molecule has 0 saturated carbocycles. The highest BCUT2D eigenvalue weighted by Gasteiger charge is 2.66. The number of carbonyl (C=O) groups is 2. The Morgan fingerprint density at radius 3 is 2.56 bits per heavy atom. The molecule has 5 rings (SSSR count). The molecule has 36 heavy (non-hydrogen) atoms. The first-order valence-electron chi connectivity index (χ1n) is 11.4. The summed E-state index contributed by atoms with van der Waals surface area (Å²) in [6, 6.07) is 19.5. The van der Waals surface area contributed by atoms with Gasteiger partial charge in [-0.2, -0.15) is 0 Å². The second-order valence-corrected chi connectivity index (χ2v) is 10.2. The molecule has 1 N–H and O–H groups in total. The number of rotatable bonds is 5. The van der Waals surface area contributed by atoms with Gasteiger partial charge in [0, 0.05) is 21.0 Å². The normalized spacial score (nSPS) is 23.3. The van der Waals surface area contributed by atoms with E-state index in [0.717, 1.165) is 5.57 Å². The molecule has 1 aliphatic heterocycles. The van der Waals surface area contributed by atoms with Crippen molar-refractivity contribution in [2.24, 2.45) is 5.92 Å². The maximum Gasteiger partial charge on any atom is 0.246 e. The van der Waals surface area contributed by atoms with Crippen LogP contribution in [0.3, 0.4) is 0 Å². The molecule has 3 unspecified atom stereocenters. The van der Waals surface area contributed by atoms with E-state index in [1.165, 1.54) is 12.0 Å². The lowest BCUT2D eigenvalue weighted by Gasteiger charge is -2.43. The Morgan fingerprint density at radius 1 is 1.14 bits per heavy atom. The first kappa shape index (κ1) is 24.3. The number of fused-ring (bicyclic) bond motifs is 1. The zero-order valence-corrected chi connectivity index (χ0v) is 21.8. The van der Waals surface area contributed by atoms with Crippen LogP contribution in [-0.2, 0) is 15.0 Å². The highest BCUT2D eigenvalue weighted by molar-refractivity contribution is 9.10. The van der Waals surface area contributed by atoms with Crippen molar-refractivity contribution in [3.05, 3.63) is 112 Å². The molecule has 182 valence electrons. The maximum absolute atomic E-state index is 14.7. The predicted molar refractivity (Wildman–Crippen MR) is 144 cm³/mol. The van der Waals surface area contributed by atoms with Gasteiger partial charge in [-0.15, -0.1) is 0 Å². The van der Waals surface area contributed by atoms with Crippen molar-refractivity contribution in [2.45, 2.75) is 17.8 Å². The van der Waals surface area contributed by atoms with Crippen LogP contribution in [0.1, 0.15) is 23.5 Å². The quantitative estimate of drug-likeness (QED) is 0.357. The topological polar surface area (TPSA) is 66.8 Å². The molecule has 7 heteroatoms. The van der Waals surface area contributed by atoms with Crippen LogP contribution in [-0.4, -0.2) is 24.0 Å². The third-order valence-electron chi connectivity index (χ3n) is 7.16. The van der Waals surface area contributed by atoms with Crippen molar-refractivity contribution in [2.75, 3.05) is 12.0 Å². The number of methoxy groups -OCH3 is 1. The summed E-state index contributed by atoms with van der Waals surface area (Å²) in [5.74, 6) is -1.92. The van der Waals surface area contributed by atoms with Crippen LogP contribution in [0.5, 0.6) is 11.5 Å². The Hall–Kier alpha value is -3.35. The Bertz CT molecular complexity index is 1420. The summed E-state index contributed by atoms with van der Waals surface area (Å²) in [4.78, 5) is 29.9. The smallest absolute Gasteiger partial charge is 0.246 e. The minimum atomic E-state index is -1.33. The molecule has 2 aliphatic rings. The van der Waals surface area contributed by atoms with Crippen LogP contribution in [0, 0.1) is 5.92 Å². The number of nitrogens with zero attached hydrogens (tertiary/aromatic N) is 1. The van der Waals surface area contributed by atoms with E-state index >= 15 is 0 Å². The predicted octanol–water partition coefficient (Wildman–Crippen LogP) is 6.54. The minimum Gasteiger partial charge on any atom is -0.504 e. The van der Waals surface area contributed by atoms with Crippen molar-refractivity contribution >= 4 is 45.0 Å². The van der Waals surface area contributed by atoms with Crippen LogP contribution in [0.15, 0.2) is 95.5 Å². The van der Waals surface area contributed by atoms with Crippen molar-refractivity contribution in [1.29, 1.82) is 0 Å². The minimum absolute atomic E-state index is 0.0872. The first-order valence-corrected chi connectivity index (χ1v) is 12.6. The van der Waals surface area contributed by atoms with Gasteiger partial charge in [0.25, 0.3) is 0 Å². The Morgan fingerprint density at radius 2 is 1.89 bits per heavy atom. The van der Waals surface area contributed by atoms with Crippen molar-refractivity contribution < 1.29 is 19.4 Å². The molecule has 1 saturated heterocycles. The van der Waals surface area contributed by atoms with Gasteiger partial charge in [-0.3, -0.25) is 9.59 Å². The lowest BCUT2D eigenvalue weighted by Crippen LogP contribution is -2.48. The number of aromatic hydroxyl groups is 1. The number of hydrogen-bond acceptors (Lipinski definition) is 4. The number of allylic oxidation sites excluding steroid dienone is 3. The zero-order chi connectivity index (χ0) is 25.6. The van der Waals surface area contributed by atoms with E-state index in [2.05, 4.69) is 22.5 Å². The summed E-state index contributed by atoms with van der Waals surface area (Å²) >= 11 is 9.75. The molecular weight excluding hydrogens is 542 g/mol. The summed E-state index contributed by atoms with van der Waals surface area (Å²) < 4.78 is 6.10. The standard InChI is InChI=1S/C29H23BrClNO4/c1-3-17-12-13-23-27(34)32(21-11-7-10-20(31)16-21)28(35)29(23,18-8-5-4-6-9-18)25(17)22-14-19(30)15-24(36-2)26(22)33/h3-12,14-16,23,25,33H,1,13H2,2H3. The average Bonchev–Trinajstić information content (AvgIpc) is 3.12. The largest absolute Gasteiger partial charge is 0.504 e. The highest BCUT2D eigenvalue weighted by Crippen LogP contribution is 2.60. The van der Waals surface area contributed by atoms with Crippen LogP contribution in [0.2, 0.25) is 5.02 Å². The zero-order valence-electron chi connectivity index (χ0n) is 19.4. The fourth-order valence-corrected chi connectivity index (χ4v) is 6.33. The van der Waals surface area contributed by atoms with Crippen LogP contribution >= 0.6 is 27.5 Å². The van der Waals surface area contributed by atoms with E-state index in [0.29, 0.717) is 32.7 Å². The van der Waals surface area contributed by atoms with Crippen molar-refractivity contribution in [3.8, 4) is 11.5 Å². The number of phenols is 1. The average molecular weight is 565 g/mol. The number of ether oxygens (including phenoxy) is 1. The SMILES string of the molecule is C=CC1=CCC2C(=O)N(c3cccc(Cl)c3)C(=O)C2(c2ccccc2)C1c1cc(Br)cc(OC)c1O. The van der Waals surface area contributed by atoms with Crippen LogP contribution in [0.4, 0.5) is 5.69 Å². The molecule has 5 nitrogen and oxygen atoms in total. The number of amides is 2. The summed E-state index contributed by atoms with van der Waals surface area (Å²) in [7, 11) is 1.47. The van der Waals surface area contributed by atoms with E-state index in [-0.39, 0.29) is 23.3 Å². The molecule has 1 fully saturated rings. The summed E-state index contributed by atoms with van der Waals surface area (Å²) in [6.07, 6.45) is 3.97. The van der Waals surface area contributed by atoms with Crippen LogP contribution < -0.4 is 9.64 Å². The van der Waals surface area contributed by atoms with Gasteiger partial charge in [0.05, 0.1) is 24.1 Å². The van der Waals surface area contributed by atoms with Gasteiger partial charge in [-0.25, -0.2) is 4.90 Å². The van der Waals surface area contributed by atoms with Gasteiger partial charge in [-0.1, -0.05) is 82.7 Å². The molecule has 0 bridgehead atoms. The Balaban J connectivity index is 1.85. The van der Waals surface area contributed by atoms with Crippen LogP contribution in [0.25, 0.3) is 0 Å². The lowest BCUT2D eigenvalue weighted by molar-refractivity contribution is -0.123. The fourth-order valence-electron chi connectivity index (χ4n) is 5.69. The number of hydrogen-bond donors (Lipinski definition) is 1. The number of phenolic OH excluding ortho intramolecular Hbond substituents is 1. The van der Waals surface area contributed by atoms with Gasteiger partial charge in [0.15, 0.2) is 11.5 Å². The van der Waals surface area contributed by atoms with Gasteiger partial charge < -0.3 is 9.84 Å². The molecule has 1 heterocycles. The summed E-state index contributed by atoms with van der Waals surface area (Å²) in [5.41, 5.74) is 0.989. The lowest BCUT2D eigenvalue weighted by atomic mass is 9.56. The third kappa shape index (κ3) is 3.51. The maximum atomic E-state index is 14.7. The molecule has 0 spiro atoms. The van der Waals surface area contributed by atoms with E-state index in [9.17, 15) is 14.7 Å². The molecule has 0 radical (unpaired) electrons. The molecule has 1 aliphatic carbocycles. The number of carbonyl (C=O) groups excluding carboxylic acids is 2. The Kier molecular flexibility index (Phi) is 6.27. The number of benzene rings is 3. The number of anilines is 1. The van der Waals surface area contributed by atoms with Crippen molar-refractivity contribution in [1.82, 2.24) is 0 Å². The van der Waals surface area contributed by atoms with E-state index in [1.54, 1.807) is 42.5 Å². The third-order valence-corrected chi connectivity index (χ3v) is 7.85. The monoisotopic (exact) mass is 563 g/mol. The molecule has 3 aromatic rings. The first-order chi connectivity index (χ1) is 17.3. The second-order valence-electron chi connectivity index (χ2n) is 8.87. The molecule has 0 aromatic heterocycles. The number of halogens is 2. The van der Waals surface area contributed by atoms with Gasteiger partial charge in [0.2, 0.25) is 11.8 Å². The van der Waals surface area contributed by atoms with E-state index in [4.69, 9.17) is 16.3 Å². The summed E-state index contributed by atoms with van der Waals surface area (Å²) in [5, 5.41) is 11.7. The van der Waals surface area contributed by atoms with Gasteiger partial charge >= 0.3 is 0 Å². The second kappa shape index (κ2) is 9.26. The molecule has 3 aromatic carbocycles. The van der Waals surface area contributed by atoms with Gasteiger partial charge in [-0.05, 0) is 47.9 Å². The molecular formula is C29H23BrClNO4. The molecule has 3 atom stereocenters. The highest BCUT2D eigenvalue weighted by atomic mass is 79.9. The summed E-state index contributed by atoms with van der Waals surface area (Å²) in [6.45, 7) is 4.01. The van der Waals surface area contributed by atoms with Crippen molar-refractivity contribution in [3.63, 3.8) is 0 Å². The van der Waals surface area contributed by atoms with E-state index < -0.39 is 17.3 Å². The van der Waals surface area contributed by atoms with Gasteiger partial charge in [0.1, 0.15) is 0 Å². The number of imide groups is 1.